The van der Waals surface area contributed by atoms with E-state index in [9.17, 15) is 18.0 Å². The van der Waals surface area contributed by atoms with Gasteiger partial charge >= 0.3 is 12.2 Å². The van der Waals surface area contributed by atoms with Crippen LogP contribution in [0.15, 0.2) is 54.6 Å². The molecule has 0 aliphatic carbocycles. The van der Waals surface area contributed by atoms with E-state index in [0.29, 0.717) is 18.7 Å². The predicted octanol–water partition coefficient (Wildman–Crippen LogP) is 4.44. The largest absolute Gasteiger partial charge is 0.416 e. The van der Waals surface area contributed by atoms with Gasteiger partial charge in [0, 0.05) is 19.6 Å². The van der Waals surface area contributed by atoms with Crippen LogP contribution in [0.1, 0.15) is 23.6 Å². The number of nitrogens with zero attached hydrogens (tertiary/aromatic N) is 1. The fraction of sp³-hybridized carbons (Fsp3) is 0.278. The molecule has 0 atom stereocenters. The second-order valence-corrected chi connectivity index (χ2v) is 5.36. The zero-order valence-electron chi connectivity index (χ0n) is 13.3. The Hall–Kier alpha value is -2.50. The topological polar surface area (TPSA) is 32.3 Å². The van der Waals surface area contributed by atoms with Gasteiger partial charge in [-0.1, -0.05) is 42.5 Å². The molecule has 2 rings (SSSR count). The molecule has 0 bridgehead atoms. The van der Waals surface area contributed by atoms with Gasteiger partial charge in [-0.25, -0.2) is 4.79 Å². The van der Waals surface area contributed by atoms with Gasteiger partial charge in [0.25, 0.3) is 0 Å². The third-order valence-electron chi connectivity index (χ3n) is 3.58. The molecule has 3 nitrogen and oxygen atoms in total. The van der Waals surface area contributed by atoms with E-state index in [0.717, 1.165) is 17.7 Å². The van der Waals surface area contributed by atoms with E-state index >= 15 is 0 Å². The van der Waals surface area contributed by atoms with Gasteiger partial charge in [-0.2, -0.15) is 13.2 Å². The van der Waals surface area contributed by atoms with Crippen molar-refractivity contribution in [2.45, 2.75) is 26.2 Å². The van der Waals surface area contributed by atoms with Crippen LogP contribution in [0, 0.1) is 0 Å². The molecule has 0 fully saturated rings. The van der Waals surface area contributed by atoms with Crippen LogP contribution in [0.3, 0.4) is 0 Å². The lowest BCUT2D eigenvalue weighted by molar-refractivity contribution is -0.137. The monoisotopic (exact) mass is 336 g/mol. The number of benzene rings is 2. The van der Waals surface area contributed by atoms with Gasteiger partial charge in [0.2, 0.25) is 0 Å². The second-order valence-electron chi connectivity index (χ2n) is 5.36. The van der Waals surface area contributed by atoms with Crippen molar-refractivity contribution in [2.75, 3.05) is 6.54 Å². The molecule has 0 unspecified atom stereocenters. The molecule has 0 aliphatic heterocycles. The van der Waals surface area contributed by atoms with Crippen LogP contribution in [-0.4, -0.2) is 17.5 Å². The minimum atomic E-state index is -4.39. The summed E-state index contributed by atoms with van der Waals surface area (Å²) in [6.07, 6.45) is -4.39. The number of rotatable bonds is 5. The summed E-state index contributed by atoms with van der Waals surface area (Å²) in [6, 6.07) is 14.2. The first-order valence-corrected chi connectivity index (χ1v) is 7.63. The Labute approximate surface area is 139 Å². The van der Waals surface area contributed by atoms with E-state index in [1.807, 2.05) is 37.3 Å². The summed E-state index contributed by atoms with van der Waals surface area (Å²) in [6.45, 7) is 2.86. The molecule has 2 aromatic rings. The Kier molecular flexibility index (Phi) is 5.84. The van der Waals surface area contributed by atoms with Gasteiger partial charge in [-0.15, -0.1) is 0 Å². The molecule has 6 heteroatoms. The molecule has 0 saturated heterocycles. The number of hydrogen-bond donors (Lipinski definition) is 1. The van der Waals surface area contributed by atoms with Crippen LogP contribution in [0.5, 0.6) is 0 Å². The van der Waals surface area contributed by atoms with Gasteiger partial charge in [0.15, 0.2) is 0 Å². The lowest BCUT2D eigenvalue weighted by Gasteiger charge is -2.21. The maximum absolute atomic E-state index is 12.7. The minimum absolute atomic E-state index is 0.0496. The van der Waals surface area contributed by atoms with Crippen molar-refractivity contribution in [1.82, 2.24) is 10.2 Å². The number of carbonyl (C=O) groups is 1. The second kappa shape index (κ2) is 7.86. The highest BCUT2D eigenvalue weighted by Gasteiger charge is 2.30. The molecule has 0 spiro atoms. The molecule has 1 N–H and O–H groups in total. The summed E-state index contributed by atoms with van der Waals surface area (Å²) in [5.41, 5.74) is 0.688. The maximum atomic E-state index is 12.7. The molecule has 2 aromatic carbocycles. The maximum Gasteiger partial charge on any atom is 0.416 e. The van der Waals surface area contributed by atoms with E-state index in [4.69, 9.17) is 0 Å². The van der Waals surface area contributed by atoms with Crippen molar-refractivity contribution in [3.63, 3.8) is 0 Å². The summed E-state index contributed by atoms with van der Waals surface area (Å²) in [7, 11) is 0. The molecule has 0 radical (unpaired) electrons. The van der Waals surface area contributed by atoms with E-state index in [-0.39, 0.29) is 12.6 Å². The third-order valence-corrected chi connectivity index (χ3v) is 3.58. The summed E-state index contributed by atoms with van der Waals surface area (Å²) in [4.78, 5) is 13.8. The van der Waals surface area contributed by atoms with Crippen LogP contribution in [0.4, 0.5) is 18.0 Å². The highest BCUT2D eigenvalue weighted by atomic mass is 19.4. The van der Waals surface area contributed by atoms with E-state index < -0.39 is 11.7 Å². The summed E-state index contributed by atoms with van der Waals surface area (Å²) < 4.78 is 38.1. The smallest absolute Gasteiger partial charge is 0.334 e. The van der Waals surface area contributed by atoms with Gasteiger partial charge in [-0.3, -0.25) is 0 Å². The molecule has 0 heterocycles. The van der Waals surface area contributed by atoms with Gasteiger partial charge in [0.05, 0.1) is 5.56 Å². The van der Waals surface area contributed by atoms with Crippen LogP contribution in [0.2, 0.25) is 0 Å². The standard InChI is InChI=1S/C18H19F3N2O/c1-2-23(13-14-7-4-3-5-8-14)17(24)22-12-15-9-6-10-16(11-15)18(19,20)21/h3-11H,2,12-13H2,1H3,(H,22,24). The number of nitrogens with one attached hydrogen (secondary N) is 1. The fourth-order valence-corrected chi connectivity index (χ4v) is 2.28. The first-order valence-electron chi connectivity index (χ1n) is 7.63. The Morgan fingerprint density at radius 3 is 2.33 bits per heavy atom. The van der Waals surface area contributed by atoms with Crippen molar-refractivity contribution in [2.24, 2.45) is 0 Å². The summed E-state index contributed by atoms with van der Waals surface area (Å²) >= 11 is 0. The average molecular weight is 336 g/mol. The molecule has 0 aromatic heterocycles. The number of amides is 2. The first-order chi connectivity index (χ1) is 11.4. The average Bonchev–Trinajstić information content (AvgIpc) is 2.58. The van der Waals surface area contributed by atoms with Crippen LogP contribution in [0.25, 0.3) is 0 Å². The minimum Gasteiger partial charge on any atom is -0.334 e. The Balaban J connectivity index is 1.96. The van der Waals surface area contributed by atoms with Gasteiger partial charge < -0.3 is 10.2 Å². The third kappa shape index (κ3) is 5.01. The predicted molar refractivity (Wildman–Crippen MR) is 86.2 cm³/mol. The first kappa shape index (κ1) is 17.8. The number of carbonyl (C=O) groups excluding carboxylic acids is 1. The van der Waals surface area contributed by atoms with Crippen molar-refractivity contribution in [3.05, 3.63) is 71.3 Å². The normalized spacial score (nSPS) is 11.2. The number of urea groups is 1. The van der Waals surface area contributed by atoms with E-state index in [1.54, 1.807) is 11.0 Å². The van der Waals surface area contributed by atoms with Crippen molar-refractivity contribution in [1.29, 1.82) is 0 Å². The zero-order chi connectivity index (χ0) is 17.6. The summed E-state index contributed by atoms with van der Waals surface area (Å²) in [5, 5.41) is 2.67. The molecule has 0 saturated carbocycles. The van der Waals surface area contributed by atoms with Crippen molar-refractivity contribution in [3.8, 4) is 0 Å². The molecular formula is C18H19F3N2O. The van der Waals surface area contributed by atoms with E-state index in [1.165, 1.54) is 6.07 Å². The molecular weight excluding hydrogens is 317 g/mol. The fourth-order valence-electron chi connectivity index (χ4n) is 2.28. The van der Waals surface area contributed by atoms with Crippen molar-refractivity contribution < 1.29 is 18.0 Å². The highest BCUT2D eigenvalue weighted by molar-refractivity contribution is 5.74. The molecule has 2 amide bonds. The van der Waals surface area contributed by atoms with Crippen LogP contribution >= 0.6 is 0 Å². The number of halogens is 3. The zero-order valence-corrected chi connectivity index (χ0v) is 13.3. The molecule has 24 heavy (non-hydrogen) atoms. The molecule has 0 aliphatic rings. The highest BCUT2D eigenvalue weighted by Crippen LogP contribution is 2.29. The van der Waals surface area contributed by atoms with Gasteiger partial charge in [-0.05, 0) is 30.2 Å². The lowest BCUT2D eigenvalue weighted by atomic mass is 10.1. The van der Waals surface area contributed by atoms with Gasteiger partial charge in [0.1, 0.15) is 0 Å². The van der Waals surface area contributed by atoms with Crippen LogP contribution < -0.4 is 5.32 Å². The van der Waals surface area contributed by atoms with E-state index in [2.05, 4.69) is 5.32 Å². The Bertz CT molecular complexity index is 671. The quantitative estimate of drug-likeness (QED) is 0.860. The molecule has 128 valence electrons. The van der Waals surface area contributed by atoms with Crippen LogP contribution in [-0.2, 0) is 19.3 Å². The summed E-state index contributed by atoms with van der Waals surface area (Å²) in [5.74, 6) is 0. The Morgan fingerprint density at radius 1 is 1.04 bits per heavy atom. The SMILES string of the molecule is CCN(Cc1ccccc1)C(=O)NCc1cccc(C(F)(F)F)c1. The van der Waals surface area contributed by atoms with Crippen molar-refractivity contribution >= 4 is 6.03 Å². The lowest BCUT2D eigenvalue weighted by Crippen LogP contribution is -2.39. The number of hydrogen-bond acceptors (Lipinski definition) is 1. The Morgan fingerprint density at radius 2 is 1.71 bits per heavy atom. The number of alkyl halides is 3.